The van der Waals surface area contributed by atoms with Crippen LogP contribution in [0.5, 0.6) is 0 Å². The normalized spacial score (nSPS) is 35.8. The molecule has 17 heavy (non-hydrogen) atoms. The lowest BCUT2D eigenvalue weighted by Crippen LogP contribution is -2.64. The molecule has 3 aliphatic carbocycles. The average molecular weight is 237 g/mol. The van der Waals surface area contributed by atoms with Gasteiger partial charge in [-0.1, -0.05) is 19.3 Å². The fraction of sp³-hybridized carbons (Fsp3) is 1.00. The molecule has 2 nitrogen and oxygen atoms in total. The fourth-order valence-electron chi connectivity index (χ4n) is 3.98. The van der Waals surface area contributed by atoms with Crippen LogP contribution < -0.4 is 5.32 Å². The molecule has 3 aliphatic rings. The smallest absolute Gasteiger partial charge is 0.0661 e. The second kappa shape index (κ2) is 4.89. The van der Waals surface area contributed by atoms with Crippen LogP contribution in [0.2, 0.25) is 0 Å². The summed E-state index contributed by atoms with van der Waals surface area (Å²) in [6, 6.07) is 0.764. The van der Waals surface area contributed by atoms with Gasteiger partial charge in [-0.15, -0.1) is 0 Å². The summed E-state index contributed by atoms with van der Waals surface area (Å²) in [4.78, 5) is 0. The van der Waals surface area contributed by atoms with E-state index in [0.717, 1.165) is 18.6 Å². The minimum absolute atomic E-state index is 0.517. The molecule has 3 fully saturated rings. The molecule has 3 rings (SSSR count). The van der Waals surface area contributed by atoms with E-state index < -0.39 is 0 Å². The zero-order valence-corrected chi connectivity index (χ0v) is 11.2. The predicted octanol–water partition coefficient (Wildman–Crippen LogP) is 3.11. The highest BCUT2D eigenvalue weighted by atomic mass is 16.5. The number of ether oxygens (including phenoxy) is 1. The van der Waals surface area contributed by atoms with Crippen molar-refractivity contribution in [2.75, 3.05) is 13.2 Å². The first kappa shape index (κ1) is 12.0. The van der Waals surface area contributed by atoms with Gasteiger partial charge in [-0.3, -0.25) is 0 Å². The van der Waals surface area contributed by atoms with Gasteiger partial charge in [0.05, 0.1) is 6.10 Å². The van der Waals surface area contributed by atoms with Crippen LogP contribution in [0.3, 0.4) is 0 Å². The van der Waals surface area contributed by atoms with Crippen molar-refractivity contribution in [1.82, 2.24) is 5.32 Å². The fourth-order valence-corrected chi connectivity index (χ4v) is 3.98. The Balaban J connectivity index is 1.59. The Morgan fingerprint density at radius 2 is 1.94 bits per heavy atom. The molecule has 0 amide bonds. The molecule has 2 atom stereocenters. The van der Waals surface area contributed by atoms with Crippen LogP contribution >= 0.6 is 0 Å². The third-order valence-electron chi connectivity index (χ3n) is 5.29. The molecule has 1 N–H and O–H groups in total. The largest absolute Gasteiger partial charge is 0.378 e. The Morgan fingerprint density at radius 1 is 1.18 bits per heavy atom. The minimum atomic E-state index is 0.517. The molecule has 2 heteroatoms. The van der Waals surface area contributed by atoms with E-state index in [9.17, 15) is 0 Å². The lowest BCUT2D eigenvalue weighted by atomic mass is 9.55. The molecule has 2 unspecified atom stereocenters. The molecule has 1 spiro atoms. The molecular weight excluding hydrogens is 210 g/mol. The van der Waals surface area contributed by atoms with Crippen LogP contribution in [-0.4, -0.2) is 25.3 Å². The summed E-state index contributed by atoms with van der Waals surface area (Å²) < 4.78 is 5.98. The highest BCUT2D eigenvalue weighted by molar-refractivity contribution is 5.09. The molecule has 0 aromatic rings. The molecule has 0 radical (unpaired) electrons. The monoisotopic (exact) mass is 237 g/mol. The Morgan fingerprint density at radius 3 is 2.59 bits per heavy atom. The summed E-state index contributed by atoms with van der Waals surface area (Å²) >= 11 is 0. The topological polar surface area (TPSA) is 21.3 Å². The van der Waals surface area contributed by atoms with E-state index in [1.54, 1.807) is 0 Å². The lowest BCUT2D eigenvalue weighted by Gasteiger charge is -2.58. The maximum absolute atomic E-state index is 5.98. The van der Waals surface area contributed by atoms with Crippen molar-refractivity contribution in [1.29, 1.82) is 0 Å². The first-order valence-corrected chi connectivity index (χ1v) is 7.70. The molecular formula is C15H27NO. The van der Waals surface area contributed by atoms with Crippen LogP contribution in [-0.2, 0) is 4.74 Å². The van der Waals surface area contributed by atoms with E-state index >= 15 is 0 Å². The first-order chi connectivity index (χ1) is 8.35. The van der Waals surface area contributed by atoms with E-state index in [2.05, 4.69) is 12.2 Å². The first-order valence-electron chi connectivity index (χ1n) is 7.70. The van der Waals surface area contributed by atoms with Gasteiger partial charge >= 0.3 is 0 Å². The van der Waals surface area contributed by atoms with Gasteiger partial charge in [0.15, 0.2) is 0 Å². The third kappa shape index (κ3) is 2.26. The molecule has 0 aromatic heterocycles. The van der Waals surface area contributed by atoms with Crippen molar-refractivity contribution in [3.8, 4) is 0 Å². The Hall–Kier alpha value is -0.0800. The molecule has 0 bridgehead atoms. The lowest BCUT2D eigenvalue weighted by molar-refractivity contribution is -0.150. The number of rotatable bonds is 5. The van der Waals surface area contributed by atoms with Crippen LogP contribution in [0.4, 0.5) is 0 Å². The van der Waals surface area contributed by atoms with Crippen molar-refractivity contribution in [2.24, 2.45) is 11.3 Å². The van der Waals surface area contributed by atoms with E-state index in [0.29, 0.717) is 11.5 Å². The molecule has 0 heterocycles. The number of hydrogen-bond donors (Lipinski definition) is 1. The number of hydrogen-bond acceptors (Lipinski definition) is 2. The number of nitrogens with one attached hydrogen (secondary N) is 1. The molecule has 0 aliphatic heterocycles. The zero-order chi connectivity index (χ0) is 11.7. The summed E-state index contributed by atoms with van der Waals surface area (Å²) in [5.74, 6) is 1.00. The van der Waals surface area contributed by atoms with Crippen molar-refractivity contribution < 1.29 is 4.74 Å². The maximum atomic E-state index is 5.98. The maximum Gasteiger partial charge on any atom is 0.0661 e. The second-order valence-corrected chi connectivity index (χ2v) is 6.38. The van der Waals surface area contributed by atoms with Crippen LogP contribution in [0.1, 0.15) is 58.3 Å². The highest BCUT2D eigenvalue weighted by Crippen LogP contribution is 2.53. The van der Waals surface area contributed by atoms with E-state index in [1.807, 2.05) is 0 Å². The third-order valence-corrected chi connectivity index (χ3v) is 5.29. The van der Waals surface area contributed by atoms with Crippen molar-refractivity contribution in [2.45, 2.75) is 70.4 Å². The zero-order valence-electron chi connectivity index (χ0n) is 11.2. The molecule has 3 saturated carbocycles. The standard InChI is InChI=1S/C15H27NO/c1-2-17-14-10-13(16-11-12-6-7-12)15(14)8-4-3-5-9-15/h12-14,16H,2-11H2,1H3. The minimum Gasteiger partial charge on any atom is -0.378 e. The average Bonchev–Trinajstić information content (AvgIpc) is 3.18. The van der Waals surface area contributed by atoms with Gasteiger partial charge < -0.3 is 10.1 Å². The van der Waals surface area contributed by atoms with Gasteiger partial charge in [-0.05, 0) is 51.5 Å². The van der Waals surface area contributed by atoms with Gasteiger partial charge in [0, 0.05) is 18.1 Å². The summed E-state index contributed by atoms with van der Waals surface area (Å²) in [6.45, 7) is 4.30. The van der Waals surface area contributed by atoms with Crippen molar-refractivity contribution in [3.63, 3.8) is 0 Å². The highest BCUT2D eigenvalue weighted by Gasteiger charge is 2.55. The summed E-state index contributed by atoms with van der Waals surface area (Å²) in [7, 11) is 0. The van der Waals surface area contributed by atoms with E-state index in [4.69, 9.17) is 4.74 Å². The van der Waals surface area contributed by atoms with Crippen LogP contribution in [0.25, 0.3) is 0 Å². The second-order valence-electron chi connectivity index (χ2n) is 6.38. The predicted molar refractivity (Wildman–Crippen MR) is 70.1 cm³/mol. The Kier molecular flexibility index (Phi) is 3.45. The van der Waals surface area contributed by atoms with Gasteiger partial charge in [-0.2, -0.15) is 0 Å². The summed E-state index contributed by atoms with van der Waals surface area (Å²) in [5.41, 5.74) is 0.517. The molecule has 98 valence electrons. The Bertz CT molecular complexity index is 256. The van der Waals surface area contributed by atoms with Crippen molar-refractivity contribution in [3.05, 3.63) is 0 Å². The molecule has 0 saturated heterocycles. The van der Waals surface area contributed by atoms with E-state index in [-0.39, 0.29) is 0 Å². The van der Waals surface area contributed by atoms with Gasteiger partial charge in [0.25, 0.3) is 0 Å². The summed E-state index contributed by atoms with van der Waals surface area (Å²) in [6.07, 6.45) is 11.8. The van der Waals surface area contributed by atoms with Crippen LogP contribution in [0.15, 0.2) is 0 Å². The molecule has 0 aromatic carbocycles. The van der Waals surface area contributed by atoms with Gasteiger partial charge in [0.1, 0.15) is 0 Å². The van der Waals surface area contributed by atoms with Gasteiger partial charge in [-0.25, -0.2) is 0 Å². The summed E-state index contributed by atoms with van der Waals surface area (Å²) in [5, 5.41) is 3.85. The van der Waals surface area contributed by atoms with Crippen LogP contribution in [0, 0.1) is 11.3 Å². The van der Waals surface area contributed by atoms with Gasteiger partial charge in [0.2, 0.25) is 0 Å². The SMILES string of the molecule is CCOC1CC(NCC2CC2)C12CCCCC2. The van der Waals surface area contributed by atoms with E-state index in [1.165, 1.54) is 57.9 Å². The van der Waals surface area contributed by atoms with Crippen molar-refractivity contribution >= 4 is 0 Å². The Labute approximate surface area is 105 Å². The quantitative estimate of drug-likeness (QED) is 0.793.